The molecule has 0 aromatic heterocycles. The van der Waals surface area contributed by atoms with Crippen LogP contribution in [0, 0.1) is 0 Å². The smallest absolute Gasteiger partial charge is 0.211 e. The second-order valence-corrected chi connectivity index (χ2v) is 5.00. The van der Waals surface area contributed by atoms with E-state index in [0.717, 1.165) is 0 Å². The lowest BCUT2D eigenvalue weighted by molar-refractivity contribution is 0.164. The molecular formula is C7H18N2O3S. The number of nitrogens with one attached hydrogen (secondary N) is 1. The van der Waals surface area contributed by atoms with Gasteiger partial charge in [-0.2, -0.15) is 0 Å². The highest BCUT2D eigenvalue weighted by atomic mass is 32.2. The lowest BCUT2D eigenvalue weighted by Crippen LogP contribution is -2.44. The van der Waals surface area contributed by atoms with Gasteiger partial charge in [-0.1, -0.05) is 6.92 Å². The van der Waals surface area contributed by atoms with Gasteiger partial charge >= 0.3 is 0 Å². The quantitative estimate of drug-likeness (QED) is 0.525. The summed E-state index contributed by atoms with van der Waals surface area (Å²) < 4.78 is 24.5. The third-order valence-corrected chi connectivity index (χ3v) is 3.18. The fourth-order valence-electron chi connectivity index (χ4n) is 0.735. The van der Waals surface area contributed by atoms with Crippen molar-refractivity contribution in [1.82, 2.24) is 4.72 Å². The number of hydrogen-bond donors (Lipinski definition) is 3. The van der Waals surface area contributed by atoms with E-state index in [2.05, 4.69) is 4.72 Å². The Bertz CT molecular complexity index is 226. The fourth-order valence-corrected chi connectivity index (χ4v) is 1.86. The Hall–Kier alpha value is -0.170. The molecule has 0 saturated heterocycles. The van der Waals surface area contributed by atoms with Crippen molar-refractivity contribution < 1.29 is 13.5 Å². The van der Waals surface area contributed by atoms with E-state index < -0.39 is 22.2 Å². The third-order valence-electron chi connectivity index (χ3n) is 1.63. The van der Waals surface area contributed by atoms with Crippen LogP contribution in [0.1, 0.15) is 20.3 Å². The Kier molecular flexibility index (Phi) is 5.46. The van der Waals surface area contributed by atoms with Gasteiger partial charge in [-0.05, 0) is 13.3 Å². The van der Waals surface area contributed by atoms with E-state index in [9.17, 15) is 8.42 Å². The van der Waals surface area contributed by atoms with Gasteiger partial charge in [-0.15, -0.1) is 0 Å². The largest absolute Gasteiger partial charge is 0.392 e. The Morgan fingerprint density at radius 1 is 1.54 bits per heavy atom. The average Bonchev–Trinajstić information content (AvgIpc) is 2.00. The number of aliphatic hydroxyl groups excluding tert-OH is 1. The Balaban J connectivity index is 3.88. The van der Waals surface area contributed by atoms with Crippen molar-refractivity contribution in [3.05, 3.63) is 0 Å². The normalized spacial score (nSPS) is 16.9. The first-order chi connectivity index (χ1) is 5.89. The minimum absolute atomic E-state index is 0.0833. The van der Waals surface area contributed by atoms with Crippen LogP contribution in [-0.4, -0.2) is 38.0 Å². The molecule has 2 atom stereocenters. The molecule has 80 valence electrons. The van der Waals surface area contributed by atoms with E-state index >= 15 is 0 Å². The highest BCUT2D eigenvalue weighted by Gasteiger charge is 2.13. The second kappa shape index (κ2) is 5.54. The monoisotopic (exact) mass is 210 g/mol. The first-order valence-electron chi connectivity index (χ1n) is 4.30. The predicted molar refractivity (Wildman–Crippen MR) is 51.7 cm³/mol. The molecule has 0 radical (unpaired) electrons. The van der Waals surface area contributed by atoms with Gasteiger partial charge < -0.3 is 10.8 Å². The van der Waals surface area contributed by atoms with Gasteiger partial charge in [0.2, 0.25) is 10.0 Å². The summed E-state index contributed by atoms with van der Waals surface area (Å²) in [6, 6.07) is -0.549. The first-order valence-corrected chi connectivity index (χ1v) is 5.95. The van der Waals surface area contributed by atoms with E-state index in [4.69, 9.17) is 10.8 Å². The lowest BCUT2D eigenvalue weighted by Gasteiger charge is -2.15. The highest BCUT2D eigenvalue weighted by Crippen LogP contribution is 1.91. The summed E-state index contributed by atoms with van der Waals surface area (Å²) in [6.07, 6.45) is -0.136. The van der Waals surface area contributed by atoms with Crippen molar-refractivity contribution in [3.63, 3.8) is 0 Å². The van der Waals surface area contributed by atoms with Crippen molar-refractivity contribution in [2.45, 2.75) is 32.4 Å². The molecule has 13 heavy (non-hydrogen) atoms. The van der Waals surface area contributed by atoms with Gasteiger partial charge in [0.25, 0.3) is 0 Å². The molecule has 0 aliphatic rings. The van der Waals surface area contributed by atoms with Crippen molar-refractivity contribution in [2.75, 3.05) is 12.3 Å². The predicted octanol–water partition coefficient (Wildman–Crippen LogP) is -0.976. The van der Waals surface area contributed by atoms with E-state index in [0.29, 0.717) is 6.42 Å². The molecule has 0 bridgehead atoms. The molecular weight excluding hydrogens is 192 g/mol. The van der Waals surface area contributed by atoms with Crippen molar-refractivity contribution >= 4 is 10.0 Å². The van der Waals surface area contributed by atoms with Gasteiger partial charge in [0.05, 0.1) is 11.9 Å². The number of aliphatic hydroxyl groups is 1. The summed E-state index contributed by atoms with van der Waals surface area (Å²) in [7, 11) is -3.20. The minimum atomic E-state index is -3.20. The standard InChI is InChI=1S/C7H18N2O3S/c1-3-4-13(11,12)9-5-7(8)6(2)10/h6-7,9-10H,3-5,8H2,1-2H3. The molecule has 0 aromatic rings. The summed E-state index contributed by atoms with van der Waals surface area (Å²) in [5.41, 5.74) is 5.44. The maximum Gasteiger partial charge on any atom is 0.211 e. The molecule has 0 amide bonds. The zero-order valence-electron chi connectivity index (χ0n) is 8.03. The van der Waals surface area contributed by atoms with Crippen LogP contribution in [0.5, 0.6) is 0 Å². The van der Waals surface area contributed by atoms with Gasteiger partial charge in [0.15, 0.2) is 0 Å². The Morgan fingerprint density at radius 3 is 2.46 bits per heavy atom. The van der Waals surface area contributed by atoms with Crippen LogP contribution in [0.4, 0.5) is 0 Å². The number of hydrogen-bond acceptors (Lipinski definition) is 4. The molecule has 0 saturated carbocycles. The van der Waals surface area contributed by atoms with Crippen molar-refractivity contribution in [3.8, 4) is 0 Å². The topological polar surface area (TPSA) is 92.4 Å². The van der Waals surface area contributed by atoms with Crippen molar-refractivity contribution in [2.24, 2.45) is 5.73 Å². The van der Waals surface area contributed by atoms with E-state index in [1.54, 1.807) is 6.92 Å². The molecule has 4 N–H and O–H groups in total. The molecule has 0 aromatic carbocycles. The van der Waals surface area contributed by atoms with E-state index in [-0.39, 0.29) is 12.3 Å². The van der Waals surface area contributed by atoms with Crippen LogP contribution in [0.2, 0.25) is 0 Å². The second-order valence-electron chi connectivity index (χ2n) is 3.07. The van der Waals surface area contributed by atoms with Crippen LogP contribution >= 0.6 is 0 Å². The van der Waals surface area contributed by atoms with Gasteiger partial charge in [-0.25, -0.2) is 13.1 Å². The maximum absolute atomic E-state index is 11.1. The van der Waals surface area contributed by atoms with Gasteiger partial charge in [-0.3, -0.25) is 0 Å². The summed E-state index contributed by atoms with van der Waals surface area (Å²) in [4.78, 5) is 0. The third kappa shape index (κ3) is 5.98. The van der Waals surface area contributed by atoms with Crippen LogP contribution in [0.3, 0.4) is 0 Å². The van der Waals surface area contributed by atoms with Crippen LogP contribution in [0.25, 0.3) is 0 Å². The molecule has 5 nitrogen and oxygen atoms in total. The molecule has 0 fully saturated rings. The van der Waals surface area contributed by atoms with E-state index in [1.165, 1.54) is 6.92 Å². The van der Waals surface area contributed by atoms with Crippen LogP contribution < -0.4 is 10.5 Å². The van der Waals surface area contributed by atoms with Crippen LogP contribution in [0.15, 0.2) is 0 Å². The average molecular weight is 210 g/mol. The molecule has 6 heteroatoms. The Labute approximate surface area is 79.4 Å². The van der Waals surface area contributed by atoms with Crippen LogP contribution in [-0.2, 0) is 10.0 Å². The lowest BCUT2D eigenvalue weighted by atomic mass is 10.2. The maximum atomic E-state index is 11.1. The molecule has 0 spiro atoms. The zero-order valence-corrected chi connectivity index (χ0v) is 8.84. The first kappa shape index (κ1) is 12.8. The SMILES string of the molecule is CCCS(=O)(=O)NCC(N)C(C)O. The number of rotatable bonds is 6. The molecule has 0 aliphatic heterocycles. The molecule has 2 unspecified atom stereocenters. The summed E-state index contributed by atoms with van der Waals surface area (Å²) in [5, 5.41) is 8.99. The number of sulfonamides is 1. The summed E-state index contributed by atoms with van der Waals surface area (Å²) >= 11 is 0. The zero-order chi connectivity index (χ0) is 10.5. The molecule has 0 heterocycles. The molecule has 0 rings (SSSR count). The van der Waals surface area contributed by atoms with Gasteiger partial charge in [0.1, 0.15) is 0 Å². The van der Waals surface area contributed by atoms with E-state index in [1.807, 2.05) is 0 Å². The van der Waals surface area contributed by atoms with Crippen molar-refractivity contribution in [1.29, 1.82) is 0 Å². The summed E-state index contributed by atoms with van der Waals surface area (Å²) in [6.45, 7) is 3.40. The summed E-state index contributed by atoms with van der Waals surface area (Å²) in [5.74, 6) is 0.0968. The minimum Gasteiger partial charge on any atom is -0.392 e. The number of nitrogens with two attached hydrogens (primary N) is 1. The Morgan fingerprint density at radius 2 is 2.08 bits per heavy atom. The molecule has 0 aliphatic carbocycles. The van der Waals surface area contributed by atoms with Gasteiger partial charge in [0, 0.05) is 12.6 Å². The highest BCUT2D eigenvalue weighted by molar-refractivity contribution is 7.89. The fraction of sp³-hybridized carbons (Fsp3) is 1.00.